The van der Waals surface area contributed by atoms with Gasteiger partial charge in [-0.15, -0.1) is 0 Å². The van der Waals surface area contributed by atoms with Crippen molar-refractivity contribution in [2.24, 2.45) is 0 Å². The van der Waals surface area contributed by atoms with Gasteiger partial charge in [-0.3, -0.25) is 4.79 Å². The van der Waals surface area contributed by atoms with Crippen LogP contribution in [-0.4, -0.2) is 12.5 Å². The predicted octanol–water partition coefficient (Wildman–Crippen LogP) is 9.95. The van der Waals surface area contributed by atoms with E-state index in [0.717, 1.165) is 30.0 Å². The molecule has 1 heterocycles. The summed E-state index contributed by atoms with van der Waals surface area (Å²) in [6.45, 7) is 12.5. The summed E-state index contributed by atoms with van der Waals surface area (Å²) in [5, 5.41) is 6.48. The number of aromatic nitrogens is 1. The van der Waals surface area contributed by atoms with Gasteiger partial charge < -0.3 is 10.1 Å². The van der Waals surface area contributed by atoms with E-state index in [1.807, 2.05) is 12.1 Å². The second kappa shape index (κ2) is 18.1. The number of hydrogen-bond acceptors (Lipinski definition) is 3. The van der Waals surface area contributed by atoms with E-state index >= 15 is 0 Å². The van der Waals surface area contributed by atoms with Gasteiger partial charge in [0.05, 0.1) is 18.4 Å². The van der Waals surface area contributed by atoms with Crippen LogP contribution < -0.4 is 14.6 Å². The van der Waals surface area contributed by atoms with Crippen LogP contribution >= 0.6 is 11.3 Å². The van der Waals surface area contributed by atoms with E-state index in [0.29, 0.717) is 13.0 Å². The highest BCUT2D eigenvalue weighted by Crippen LogP contribution is 2.29. The lowest BCUT2D eigenvalue weighted by molar-refractivity contribution is -0.689. The summed E-state index contributed by atoms with van der Waals surface area (Å²) in [7, 11) is 0. The van der Waals surface area contributed by atoms with E-state index in [9.17, 15) is 4.79 Å². The van der Waals surface area contributed by atoms with E-state index in [2.05, 4.69) is 86.4 Å². The average Bonchev–Trinajstić information content (AvgIpc) is 3.35. The third kappa shape index (κ3) is 12.3. The van der Waals surface area contributed by atoms with E-state index in [1.165, 1.54) is 86.8 Å². The number of ether oxygens (including phenoxy) is 1. The molecule has 0 aliphatic rings. The summed E-state index contributed by atoms with van der Waals surface area (Å²) >= 11 is 1.74. The molecule has 230 valence electrons. The van der Waals surface area contributed by atoms with Gasteiger partial charge in [0.25, 0.3) is 0 Å². The topological polar surface area (TPSA) is 42.2 Å². The fourth-order valence-electron chi connectivity index (χ4n) is 5.29. The van der Waals surface area contributed by atoms with E-state index in [1.54, 1.807) is 11.3 Å². The molecule has 0 saturated heterocycles. The third-order valence-electron chi connectivity index (χ3n) is 7.99. The molecule has 4 nitrogen and oxygen atoms in total. The van der Waals surface area contributed by atoms with Gasteiger partial charge in [0.1, 0.15) is 5.75 Å². The maximum atomic E-state index is 13.1. The highest BCUT2D eigenvalue weighted by Gasteiger charge is 2.18. The molecule has 5 heteroatoms. The number of amides is 1. The minimum Gasteiger partial charge on any atom is -0.493 e. The van der Waals surface area contributed by atoms with E-state index in [-0.39, 0.29) is 11.3 Å². The van der Waals surface area contributed by atoms with Crippen LogP contribution in [0, 0.1) is 6.92 Å². The Balaban J connectivity index is 1.47. The van der Waals surface area contributed by atoms with Gasteiger partial charge in [0.15, 0.2) is 12.7 Å². The summed E-state index contributed by atoms with van der Waals surface area (Å²) in [5.74, 6) is 0.823. The standard InChI is InChI=1S/C37H54N2O2S/c1-6-7-8-9-10-11-12-13-14-15-16-17-24-41-35-28-33(37(3,4)5)22-21-32(35)27-36(40)38-34-20-18-19-31(26-34)29-39-23-25-42-30(39)2/h18-23,25-26,28H,6-17,24,27,29H2,1-5H3/p+1. The molecule has 1 amide bonds. The summed E-state index contributed by atoms with van der Waals surface area (Å²) in [5.41, 5.74) is 4.19. The van der Waals surface area contributed by atoms with E-state index < -0.39 is 0 Å². The van der Waals surface area contributed by atoms with Crippen LogP contribution in [0.2, 0.25) is 0 Å². The number of hydrogen-bond donors (Lipinski definition) is 1. The summed E-state index contributed by atoms with van der Waals surface area (Å²) in [6.07, 6.45) is 18.3. The zero-order valence-electron chi connectivity index (χ0n) is 27.0. The number of nitrogens with one attached hydrogen (secondary N) is 1. The molecule has 3 rings (SSSR count). The first-order valence-corrected chi connectivity index (χ1v) is 17.2. The van der Waals surface area contributed by atoms with Gasteiger partial charge >= 0.3 is 0 Å². The van der Waals surface area contributed by atoms with Crippen molar-refractivity contribution in [3.05, 3.63) is 75.7 Å². The molecule has 0 aliphatic carbocycles. The Morgan fingerprint density at radius 1 is 0.881 bits per heavy atom. The number of rotatable bonds is 19. The lowest BCUT2D eigenvalue weighted by Gasteiger charge is -2.21. The maximum Gasteiger partial charge on any atom is 0.234 e. The van der Waals surface area contributed by atoms with Gasteiger partial charge in [-0.25, -0.2) is 0 Å². The number of nitrogens with zero attached hydrogens (tertiary/aromatic N) is 1. The quantitative estimate of drug-likeness (QED) is 0.111. The highest BCUT2D eigenvalue weighted by molar-refractivity contribution is 7.09. The third-order valence-corrected chi connectivity index (χ3v) is 8.82. The first-order chi connectivity index (χ1) is 20.3. The van der Waals surface area contributed by atoms with Crippen molar-refractivity contribution < 1.29 is 14.1 Å². The fraction of sp³-hybridized carbons (Fsp3) is 0.568. The van der Waals surface area contributed by atoms with Gasteiger partial charge in [-0.2, -0.15) is 4.57 Å². The van der Waals surface area contributed by atoms with Crippen molar-refractivity contribution in [2.45, 2.75) is 130 Å². The monoisotopic (exact) mass is 591 g/mol. The Labute approximate surface area is 259 Å². The SMILES string of the molecule is CCCCCCCCCCCCCCOc1cc(C(C)(C)C)ccc1CC(=O)Nc1cccc(C[n+]2ccsc2C)c1. The van der Waals surface area contributed by atoms with Crippen LogP contribution in [0.15, 0.2) is 54.0 Å². The molecule has 42 heavy (non-hydrogen) atoms. The molecule has 0 radical (unpaired) electrons. The van der Waals surface area contributed by atoms with Crippen LogP contribution in [0.3, 0.4) is 0 Å². The lowest BCUT2D eigenvalue weighted by Crippen LogP contribution is -2.34. The van der Waals surface area contributed by atoms with Crippen molar-refractivity contribution in [1.82, 2.24) is 0 Å². The van der Waals surface area contributed by atoms with Crippen LogP contribution in [0.5, 0.6) is 5.75 Å². The molecule has 0 bridgehead atoms. The predicted molar refractivity (Wildman–Crippen MR) is 179 cm³/mol. The zero-order valence-corrected chi connectivity index (χ0v) is 27.8. The Morgan fingerprint density at radius 2 is 1.55 bits per heavy atom. The van der Waals surface area contributed by atoms with Gasteiger partial charge in [-0.1, -0.05) is 134 Å². The van der Waals surface area contributed by atoms with Gasteiger partial charge in [0, 0.05) is 23.7 Å². The van der Waals surface area contributed by atoms with Gasteiger partial charge in [-0.05, 0) is 35.6 Å². The molecule has 0 fully saturated rings. The number of benzene rings is 2. The van der Waals surface area contributed by atoms with Crippen molar-refractivity contribution in [1.29, 1.82) is 0 Å². The molecule has 0 spiro atoms. The molecule has 1 aromatic heterocycles. The van der Waals surface area contributed by atoms with Crippen LogP contribution in [0.1, 0.15) is 126 Å². The molecule has 2 aromatic carbocycles. The molecule has 0 aliphatic heterocycles. The van der Waals surface area contributed by atoms with Crippen LogP contribution in [-0.2, 0) is 23.2 Å². The minimum atomic E-state index is -0.0229. The fourth-order valence-corrected chi connectivity index (χ4v) is 5.95. The smallest absolute Gasteiger partial charge is 0.234 e. The molecule has 0 unspecified atom stereocenters. The Morgan fingerprint density at radius 3 is 2.17 bits per heavy atom. The first kappa shape index (κ1) is 33.8. The number of unbranched alkanes of at least 4 members (excludes halogenated alkanes) is 11. The Bertz CT molecular complexity index is 1210. The molecular formula is C37H55N2O2S+. The maximum absolute atomic E-state index is 13.1. The number of thiazole rings is 1. The highest BCUT2D eigenvalue weighted by atomic mass is 32.1. The molecular weight excluding hydrogens is 536 g/mol. The Hall–Kier alpha value is -2.66. The normalized spacial score (nSPS) is 11.5. The molecule has 0 saturated carbocycles. The Kier molecular flexibility index (Phi) is 14.6. The average molecular weight is 592 g/mol. The summed E-state index contributed by atoms with van der Waals surface area (Å²) in [6, 6.07) is 14.5. The molecule has 0 atom stereocenters. The van der Waals surface area contributed by atoms with Crippen LogP contribution in [0.4, 0.5) is 5.69 Å². The second-order valence-electron chi connectivity index (χ2n) is 12.8. The lowest BCUT2D eigenvalue weighted by atomic mass is 9.86. The van der Waals surface area contributed by atoms with Crippen LogP contribution in [0.25, 0.3) is 0 Å². The molecule has 1 N–H and O–H groups in total. The number of carbonyl (C=O) groups is 1. The number of anilines is 1. The van der Waals surface area contributed by atoms with Crippen molar-refractivity contribution in [3.63, 3.8) is 0 Å². The zero-order chi connectivity index (χ0) is 30.2. The number of carbonyl (C=O) groups excluding carboxylic acids is 1. The largest absolute Gasteiger partial charge is 0.493 e. The minimum absolute atomic E-state index is 0.0220. The second-order valence-corrected chi connectivity index (χ2v) is 13.9. The van der Waals surface area contributed by atoms with Crippen molar-refractivity contribution in [3.8, 4) is 5.75 Å². The summed E-state index contributed by atoms with van der Waals surface area (Å²) in [4.78, 5) is 13.1. The molecule has 3 aromatic rings. The first-order valence-electron chi connectivity index (χ1n) is 16.3. The number of aryl methyl sites for hydroxylation is 1. The van der Waals surface area contributed by atoms with Crippen molar-refractivity contribution >= 4 is 22.9 Å². The van der Waals surface area contributed by atoms with E-state index in [4.69, 9.17) is 4.74 Å². The van der Waals surface area contributed by atoms with Gasteiger partial charge in [0.2, 0.25) is 10.9 Å². The van der Waals surface area contributed by atoms with Crippen molar-refractivity contribution in [2.75, 3.05) is 11.9 Å². The summed E-state index contributed by atoms with van der Waals surface area (Å²) < 4.78 is 8.55.